The molecule has 2 aromatic heterocycles. The molecule has 4 aromatic rings. The Morgan fingerprint density at radius 2 is 1.71 bits per heavy atom. The van der Waals surface area contributed by atoms with Crippen LogP contribution in [0.5, 0.6) is 0 Å². The van der Waals surface area contributed by atoms with Crippen LogP contribution in [-0.2, 0) is 13.6 Å². The molecule has 0 radical (unpaired) electrons. The number of amides is 1. The summed E-state index contributed by atoms with van der Waals surface area (Å²) < 4.78 is 3.85. The fraction of sp³-hybridized carbons (Fsp3) is 0.286. The molecule has 0 spiro atoms. The van der Waals surface area contributed by atoms with Gasteiger partial charge in [0.1, 0.15) is 11.4 Å². The van der Waals surface area contributed by atoms with Gasteiger partial charge in [0.2, 0.25) is 0 Å². The molecule has 6 nitrogen and oxygen atoms in total. The van der Waals surface area contributed by atoms with Crippen molar-refractivity contribution in [2.45, 2.75) is 20.4 Å². The molecule has 0 N–H and O–H groups in total. The van der Waals surface area contributed by atoms with Gasteiger partial charge in [-0.05, 0) is 68.9 Å². The van der Waals surface area contributed by atoms with Gasteiger partial charge in [0.15, 0.2) is 0 Å². The van der Waals surface area contributed by atoms with E-state index < -0.39 is 0 Å². The first kappa shape index (κ1) is 23.5. The first-order valence-corrected chi connectivity index (χ1v) is 11.6. The van der Waals surface area contributed by atoms with Crippen LogP contribution in [0.4, 0.5) is 0 Å². The van der Waals surface area contributed by atoms with E-state index in [9.17, 15) is 4.79 Å². The SMILES string of the molecule is Cc1ccc(C)c(-n2nc(-c3cccn3C)cc2C(=O)N(CCN(C)C)Cc2ccccc2)c1. The van der Waals surface area contributed by atoms with Crippen LogP contribution >= 0.6 is 0 Å². The zero-order chi connectivity index (χ0) is 24.2. The standard InChI is InChI=1S/C28H33N5O/c1-21-13-14-22(2)26(18-21)33-27(19-24(29-33)25-12-9-15-31(25)5)28(34)32(17-16-30(3)4)20-23-10-7-6-8-11-23/h6-15,18-19H,16-17,20H2,1-5H3. The lowest BCUT2D eigenvalue weighted by atomic mass is 10.1. The lowest BCUT2D eigenvalue weighted by Gasteiger charge is -2.25. The van der Waals surface area contributed by atoms with Crippen LogP contribution in [-0.4, -0.2) is 57.2 Å². The zero-order valence-electron chi connectivity index (χ0n) is 20.7. The van der Waals surface area contributed by atoms with Crippen LogP contribution in [0.15, 0.2) is 72.9 Å². The molecule has 2 heterocycles. The third kappa shape index (κ3) is 5.13. The number of aromatic nitrogens is 3. The molecular weight excluding hydrogens is 422 g/mol. The molecule has 0 unspecified atom stereocenters. The summed E-state index contributed by atoms with van der Waals surface area (Å²) >= 11 is 0. The Kier molecular flexibility index (Phi) is 6.98. The minimum atomic E-state index is -0.0282. The first-order valence-electron chi connectivity index (χ1n) is 11.6. The molecule has 2 aromatic carbocycles. The quantitative estimate of drug-likeness (QED) is 0.387. The average molecular weight is 456 g/mol. The molecule has 6 heteroatoms. The van der Waals surface area contributed by atoms with Crippen molar-refractivity contribution in [3.05, 3.63) is 95.3 Å². The van der Waals surface area contributed by atoms with Gasteiger partial charge in [-0.25, -0.2) is 4.68 Å². The van der Waals surface area contributed by atoms with Gasteiger partial charge >= 0.3 is 0 Å². The monoisotopic (exact) mass is 455 g/mol. The van der Waals surface area contributed by atoms with Crippen molar-refractivity contribution >= 4 is 5.91 Å². The van der Waals surface area contributed by atoms with Gasteiger partial charge < -0.3 is 14.4 Å². The number of carbonyl (C=O) groups excluding carboxylic acids is 1. The van der Waals surface area contributed by atoms with Gasteiger partial charge in [-0.3, -0.25) is 4.79 Å². The summed E-state index contributed by atoms with van der Waals surface area (Å²) in [5, 5.41) is 4.93. The van der Waals surface area contributed by atoms with E-state index in [1.54, 1.807) is 0 Å². The predicted octanol–water partition coefficient (Wildman–Crippen LogP) is 4.70. The largest absolute Gasteiger partial charge is 0.349 e. The van der Waals surface area contributed by atoms with Crippen LogP contribution < -0.4 is 0 Å². The zero-order valence-corrected chi connectivity index (χ0v) is 20.7. The van der Waals surface area contributed by atoms with Crippen molar-refractivity contribution in [2.24, 2.45) is 7.05 Å². The average Bonchev–Trinajstić information content (AvgIpc) is 3.44. The van der Waals surface area contributed by atoms with Crippen LogP contribution in [0.1, 0.15) is 27.2 Å². The highest BCUT2D eigenvalue weighted by molar-refractivity contribution is 5.94. The summed E-state index contributed by atoms with van der Waals surface area (Å²) in [5.74, 6) is -0.0282. The van der Waals surface area contributed by atoms with E-state index in [0.29, 0.717) is 18.8 Å². The van der Waals surface area contributed by atoms with Crippen molar-refractivity contribution in [1.29, 1.82) is 0 Å². The molecule has 0 atom stereocenters. The van der Waals surface area contributed by atoms with Gasteiger partial charge in [-0.1, -0.05) is 42.5 Å². The second kappa shape index (κ2) is 10.1. The fourth-order valence-corrected chi connectivity index (χ4v) is 4.06. The number of rotatable bonds is 8. The van der Waals surface area contributed by atoms with E-state index in [-0.39, 0.29) is 5.91 Å². The number of carbonyl (C=O) groups is 1. The molecule has 34 heavy (non-hydrogen) atoms. The van der Waals surface area contributed by atoms with Gasteiger partial charge in [0.25, 0.3) is 5.91 Å². The van der Waals surface area contributed by atoms with Crippen molar-refractivity contribution in [3.8, 4) is 17.1 Å². The molecule has 0 saturated carbocycles. The molecule has 176 valence electrons. The Balaban J connectivity index is 1.80. The third-order valence-corrected chi connectivity index (χ3v) is 6.05. The number of hydrogen-bond acceptors (Lipinski definition) is 3. The highest BCUT2D eigenvalue weighted by Crippen LogP contribution is 2.25. The lowest BCUT2D eigenvalue weighted by molar-refractivity contribution is 0.0722. The Morgan fingerprint density at radius 1 is 0.941 bits per heavy atom. The van der Waals surface area contributed by atoms with Crippen LogP contribution in [0.2, 0.25) is 0 Å². The Hall–Kier alpha value is -3.64. The van der Waals surface area contributed by atoms with E-state index in [1.165, 1.54) is 0 Å². The minimum Gasteiger partial charge on any atom is -0.349 e. The summed E-state index contributed by atoms with van der Waals surface area (Å²) in [6.07, 6.45) is 1.99. The smallest absolute Gasteiger partial charge is 0.272 e. The van der Waals surface area contributed by atoms with Crippen molar-refractivity contribution in [1.82, 2.24) is 24.1 Å². The summed E-state index contributed by atoms with van der Waals surface area (Å²) in [5.41, 5.74) is 6.56. The van der Waals surface area contributed by atoms with Gasteiger partial charge in [-0.15, -0.1) is 0 Å². The number of aryl methyl sites for hydroxylation is 3. The number of nitrogens with zero attached hydrogens (tertiary/aromatic N) is 5. The summed E-state index contributed by atoms with van der Waals surface area (Å²) in [4.78, 5) is 18.1. The molecule has 0 aliphatic heterocycles. The van der Waals surface area contributed by atoms with E-state index in [2.05, 4.69) is 49.1 Å². The molecule has 0 bridgehead atoms. The molecule has 0 saturated heterocycles. The summed E-state index contributed by atoms with van der Waals surface area (Å²) in [7, 11) is 6.05. The number of benzene rings is 2. The Morgan fingerprint density at radius 3 is 2.38 bits per heavy atom. The van der Waals surface area contributed by atoms with Crippen molar-refractivity contribution in [2.75, 3.05) is 27.2 Å². The maximum Gasteiger partial charge on any atom is 0.272 e. The molecular formula is C28H33N5O. The maximum absolute atomic E-state index is 14.1. The molecule has 4 rings (SSSR count). The molecule has 0 aliphatic carbocycles. The fourth-order valence-electron chi connectivity index (χ4n) is 4.06. The molecule has 0 aliphatic rings. The molecule has 0 fully saturated rings. The summed E-state index contributed by atoms with van der Waals surface area (Å²) in [6, 6.07) is 22.3. The van der Waals surface area contributed by atoms with Crippen LogP contribution in [0.25, 0.3) is 17.1 Å². The van der Waals surface area contributed by atoms with Crippen LogP contribution in [0, 0.1) is 13.8 Å². The summed E-state index contributed by atoms with van der Waals surface area (Å²) in [6.45, 7) is 6.07. The van der Waals surface area contributed by atoms with Gasteiger partial charge in [0.05, 0.1) is 11.4 Å². The predicted molar refractivity (Wildman–Crippen MR) is 137 cm³/mol. The second-order valence-electron chi connectivity index (χ2n) is 9.14. The first-order chi connectivity index (χ1) is 16.3. The van der Waals surface area contributed by atoms with Crippen molar-refractivity contribution < 1.29 is 4.79 Å². The van der Waals surface area contributed by atoms with E-state index in [1.807, 2.05) is 77.9 Å². The van der Waals surface area contributed by atoms with E-state index in [0.717, 1.165) is 40.3 Å². The maximum atomic E-state index is 14.1. The normalized spacial score (nSPS) is 11.2. The number of hydrogen-bond donors (Lipinski definition) is 0. The van der Waals surface area contributed by atoms with Gasteiger partial charge in [0, 0.05) is 32.9 Å². The third-order valence-electron chi connectivity index (χ3n) is 6.05. The second-order valence-corrected chi connectivity index (χ2v) is 9.14. The Bertz CT molecular complexity index is 1270. The van der Waals surface area contributed by atoms with Gasteiger partial charge in [-0.2, -0.15) is 5.10 Å². The Labute approximate surface area is 202 Å². The van der Waals surface area contributed by atoms with Crippen LogP contribution in [0.3, 0.4) is 0 Å². The van der Waals surface area contributed by atoms with E-state index in [4.69, 9.17) is 5.10 Å². The van der Waals surface area contributed by atoms with Crippen molar-refractivity contribution in [3.63, 3.8) is 0 Å². The lowest BCUT2D eigenvalue weighted by Crippen LogP contribution is -2.37. The highest BCUT2D eigenvalue weighted by Gasteiger charge is 2.24. The topological polar surface area (TPSA) is 46.3 Å². The minimum absolute atomic E-state index is 0.0282. The van der Waals surface area contributed by atoms with E-state index >= 15 is 0 Å². The highest BCUT2D eigenvalue weighted by atomic mass is 16.2. The number of likely N-dealkylation sites (N-methyl/N-ethyl adjacent to an activating group) is 1. The molecule has 1 amide bonds.